The van der Waals surface area contributed by atoms with Crippen molar-refractivity contribution in [1.29, 1.82) is 0 Å². The second kappa shape index (κ2) is 16.4. The van der Waals surface area contributed by atoms with E-state index < -0.39 is 34.9 Å². The van der Waals surface area contributed by atoms with Crippen molar-refractivity contribution in [3.63, 3.8) is 0 Å². The summed E-state index contributed by atoms with van der Waals surface area (Å²) in [6.45, 7) is 11.6. The molecule has 2 aliphatic rings. The van der Waals surface area contributed by atoms with Gasteiger partial charge in [0.15, 0.2) is 0 Å². The van der Waals surface area contributed by atoms with Crippen molar-refractivity contribution in [2.24, 2.45) is 5.41 Å². The van der Waals surface area contributed by atoms with Gasteiger partial charge in [-0.1, -0.05) is 38.1 Å². The summed E-state index contributed by atoms with van der Waals surface area (Å²) in [5.41, 5.74) is 3.38. The Labute approximate surface area is 356 Å². The summed E-state index contributed by atoms with van der Waals surface area (Å²) < 4.78 is 38.0. The summed E-state index contributed by atoms with van der Waals surface area (Å²) in [6.07, 6.45) is 4.18. The van der Waals surface area contributed by atoms with Crippen molar-refractivity contribution < 1.29 is 32.6 Å². The van der Waals surface area contributed by atoms with E-state index in [1.54, 1.807) is 37.3 Å². The zero-order chi connectivity index (χ0) is 43.2. The molecule has 8 rings (SSSR count). The van der Waals surface area contributed by atoms with Crippen LogP contribution in [-0.2, 0) is 28.7 Å². The van der Waals surface area contributed by atoms with E-state index in [2.05, 4.69) is 21.6 Å². The van der Waals surface area contributed by atoms with Crippen LogP contribution in [0.3, 0.4) is 0 Å². The standard InChI is InChI=1S/C46H49FN6O7S/c1-8-58-42(54)36-35(33-24-26-20-22-48-40(38(26)61-33)50-30-19-17-29-28(30)10-9-11-32(29)57-7)34(41-51-52-43(55)59-41)31(18-14-25-12-15-27(47)16-13-25)49-37(36)39-46(5,6)21-23-53(39)44(56)60-45(2,3)4/h9-13,15-16,20,22,24,30,39H,8,14,17-19,21,23H2,1-7H3,(H,48,50)(H,52,55)/t30-,39-/m1/s1. The number of hydrogen-bond acceptors (Lipinski definition) is 12. The molecule has 2 aromatic carbocycles. The third-order valence-electron chi connectivity index (χ3n) is 11.4. The normalized spacial score (nSPS) is 17.1. The van der Waals surface area contributed by atoms with Crippen molar-refractivity contribution in [3.8, 4) is 27.6 Å². The number of benzene rings is 2. The number of methoxy groups -OCH3 is 1. The second-order valence-corrected chi connectivity index (χ2v) is 18.2. The number of anilines is 1. The number of pyridine rings is 2. The lowest BCUT2D eigenvalue weighted by molar-refractivity contribution is 0.0165. The van der Waals surface area contributed by atoms with E-state index in [-0.39, 0.29) is 36.3 Å². The van der Waals surface area contributed by atoms with Crippen LogP contribution in [0.25, 0.3) is 32.0 Å². The number of H-pyrrole nitrogens is 1. The molecule has 1 fully saturated rings. The number of nitrogens with zero attached hydrogens (tertiary/aromatic N) is 4. The van der Waals surface area contributed by atoms with E-state index in [1.165, 1.54) is 29.0 Å². The molecule has 0 bridgehead atoms. The van der Waals surface area contributed by atoms with Crippen LogP contribution in [0.4, 0.5) is 15.0 Å². The molecule has 0 saturated carbocycles. The Morgan fingerprint density at radius 3 is 2.59 bits per heavy atom. The predicted molar refractivity (Wildman–Crippen MR) is 230 cm³/mol. The zero-order valence-electron chi connectivity index (χ0n) is 35.3. The van der Waals surface area contributed by atoms with E-state index in [1.807, 2.05) is 58.9 Å². The van der Waals surface area contributed by atoms with Gasteiger partial charge in [-0.05, 0) is 118 Å². The van der Waals surface area contributed by atoms with E-state index in [4.69, 9.17) is 28.6 Å². The molecule has 13 nitrogen and oxygen atoms in total. The van der Waals surface area contributed by atoms with Gasteiger partial charge in [-0.3, -0.25) is 9.88 Å². The number of amides is 1. The monoisotopic (exact) mass is 848 g/mol. The molecule has 6 aromatic rings. The highest BCUT2D eigenvalue weighted by atomic mass is 32.1. The Morgan fingerprint density at radius 2 is 1.89 bits per heavy atom. The molecule has 1 amide bonds. The number of carbonyl (C=O) groups excluding carboxylic acids is 2. The maximum atomic E-state index is 14.7. The molecule has 0 spiro atoms. The van der Waals surface area contributed by atoms with E-state index in [0.29, 0.717) is 52.6 Å². The molecule has 1 aliphatic carbocycles. The molecule has 61 heavy (non-hydrogen) atoms. The smallest absolute Gasteiger partial charge is 0.434 e. The van der Waals surface area contributed by atoms with Crippen LogP contribution in [0.1, 0.15) is 105 Å². The third kappa shape index (κ3) is 8.22. The number of thiophene rings is 1. The summed E-state index contributed by atoms with van der Waals surface area (Å²) in [5.74, 6) is -0.366. The van der Waals surface area contributed by atoms with Crippen molar-refractivity contribution in [3.05, 3.63) is 111 Å². The van der Waals surface area contributed by atoms with Crippen LogP contribution >= 0.6 is 11.3 Å². The first-order valence-electron chi connectivity index (χ1n) is 20.5. The first-order chi connectivity index (χ1) is 29.2. The molecule has 0 unspecified atom stereocenters. The molecule has 2 N–H and O–H groups in total. The minimum Gasteiger partial charge on any atom is -0.496 e. The van der Waals surface area contributed by atoms with Crippen molar-refractivity contribution in [2.45, 2.75) is 91.3 Å². The van der Waals surface area contributed by atoms with Crippen LogP contribution in [-0.4, -0.2) is 63.0 Å². The van der Waals surface area contributed by atoms with Crippen LogP contribution < -0.4 is 15.8 Å². The Bertz CT molecular complexity index is 2680. The largest absolute Gasteiger partial charge is 0.496 e. The fraction of sp³-hybridized carbons (Fsp3) is 0.391. The van der Waals surface area contributed by atoms with Gasteiger partial charge < -0.3 is 23.9 Å². The minimum atomic E-state index is -0.791. The van der Waals surface area contributed by atoms with Gasteiger partial charge in [0.05, 0.1) is 53.0 Å². The number of aryl methyl sites for hydroxylation is 2. The minimum absolute atomic E-state index is 0.0215. The lowest BCUT2D eigenvalue weighted by Gasteiger charge is -2.35. The number of esters is 1. The molecule has 0 radical (unpaired) electrons. The maximum Gasteiger partial charge on any atom is 0.434 e. The molecular weight excluding hydrogens is 800 g/mol. The Hall–Kier alpha value is -6.09. The summed E-state index contributed by atoms with van der Waals surface area (Å²) in [4.78, 5) is 53.9. The van der Waals surface area contributed by atoms with E-state index in [0.717, 1.165) is 39.8 Å². The van der Waals surface area contributed by atoms with E-state index in [9.17, 15) is 18.8 Å². The summed E-state index contributed by atoms with van der Waals surface area (Å²) in [7, 11) is 1.68. The fourth-order valence-corrected chi connectivity index (χ4v) is 9.78. The first-order valence-corrected chi connectivity index (χ1v) is 21.3. The quantitative estimate of drug-likeness (QED) is 0.119. The van der Waals surface area contributed by atoms with E-state index >= 15 is 0 Å². The van der Waals surface area contributed by atoms with Gasteiger partial charge in [0.25, 0.3) is 5.89 Å². The highest BCUT2D eigenvalue weighted by molar-refractivity contribution is 7.23. The zero-order valence-corrected chi connectivity index (χ0v) is 36.1. The predicted octanol–water partition coefficient (Wildman–Crippen LogP) is 9.62. The van der Waals surface area contributed by atoms with Gasteiger partial charge in [-0.25, -0.2) is 28.9 Å². The Kier molecular flexibility index (Phi) is 11.2. The molecule has 4 aromatic heterocycles. The number of hydrogen-bond donors (Lipinski definition) is 2. The lowest BCUT2D eigenvalue weighted by Crippen LogP contribution is -2.39. The first kappa shape index (κ1) is 41.6. The molecule has 5 heterocycles. The topological polar surface area (TPSA) is 162 Å². The third-order valence-corrected chi connectivity index (χ3v) is 12.5. The number of ether oxygens (including phenoxy) is 3. The van der Waals surface area contributed by atoms with Gasteiger partial charge >= 0.3 is 17.8 Å². The molecule has 2 atom stereocenters. The number of fused-ring (bicyclic) bond motifs is 2. The highest BCUT2D eigenvalue weighted by Crippen LogP contribution is 2.52. The number of rotatable bonds is 11. The number of halogens is 1. The van der Waals surface area contributed by atoms with Gasteiger partial charge in [0.2, 0.25) is 0 Å². The van der Waals surface area contributed by atoms with Gasteiger partial charge in [-0.15, -0.1) is 16.4 Å². The number of nitrogens with one attached hydrogen (secondary N) is 2. The number of aromatic amines is 1. The number of carbonyl (C=O) groups is 2. The summed E-state index contributed by atoms with van der Waals surface area (Å²) in [5, 5.41) is 11.2. The summed E-state index contributed by atoms with van der Waals surface area (Å²) >= 11 is 1.42. The van der Waals surface area contributed by atoms with Crippen LogP contribution in [0.5, 0.6) is 5.75 Å². The SMILES string of the molecule is CCOC(=O)c1c([C@H]2N(C(=O)OC(C)(C)C)CCC2(C)C)nc(CCc2ccc(F)cc2)c(-c2n[nH]c(=O)o2)c1-c1cc2ccnc(N[C@@H]3CCc4c(OC)cccc43)c2s1. The van der Waals surface area contributed by atoms with Crippen molar-refractivity contribution in [2.75, 3.05) is 25.6 Å². The van der Waals surface area contributed by atoms with Gasteiger partial charge in [0.1, 0.15) is 23.0 Å². The maximum absolute atomic E-state index is 14.7. The molecule has 318 valence electrons. The average Bonchev–Trinajstić information content (AvgIpc) is 4.02. The highest BCUT2D eigenvalue weighted by Gasteiger charge is 2.49. The van der Waals surface area contributed by atoms with Crippen molar-refractivity contribution >= 4 is 39.3 Å². The molecule has 1 saturated heterocycles. The second-order valence-electron chi connectivity index (χ2n) is 17.1. The van der Waals surface area contributed by atoms with Crippen molar-refractivity contribution in [1.82, 2.24) is 25.1 Å². The number of aromatic nitrogens is 4. The van der Waals surface area contributed by atoms with Crippen LogP contribution in [0.15, 0.2) is 70.0 Å². The molecule has 1 aliphatic heterocycles. The molecular formula is C46H49FN6O7S. The van der Waals surface area contributed by atoms with Gasteiger partial charge in [-0.2, -0.15) is 0 Å². The van der Waals surface area contributed by atoms with Crippen LogP contribution in [0.2, 0.25) is 0 Å². The number of likely N-dealkylation sites (tertiary alicyclic amines) is 1. The average molecular weight is 849 g/mol. The lowest BCUT2D eigenvalue weighted by atomic mass is 9.80. The molecule has 15 heteroatoms. The Morgan fingerprint density at radius 1 is 1.10 bits per heavy atom. The summed E-state index contributed by atoms with van der Waals surface area (Å²) in [6, 6.07) is 15.4. The van der Waals surface area contributed by atoms with Gasteiger partial charge in [0, 0.05) is 23.2 Å². The Balaban J connectivity index is 1.38. The van der Waals surface area contributed by atoms with Crippen LogP contribution in [0, 0.1) is 11.2 Å². The fourth-order valence-electron chi connectivity index (χ4n) is 8.62.